The van der Waals surface area contributed by atoms with Crippen LogP contribution in [0.1, 0.15) is 24.9 Å². The molecule has 4 nitrogen and oxygen atoms in total. The molecule has 1 rings (SSSR count). The third kappa shape index (κ3) is 3.62. The third-order valence-electron chi connectivity index (χ3n) is 2.92. The lowest BCUT2D eigenvalue weighted by Crippen LogP contribution is -2.20. The van der Waals surface area contributed by atoms with Gasteiger partial charge in [-0.3, -0.25) is 0 Å². The van der Waals surface area contributed by atoms with E-state index in [4.69, 9.17) is 14.2 Å². The third-order valence-corrected chi connectivity index (χ3v) is 2.92. The van der Waals surface area contributed by atoms with Crippen LogP contribution in [0.4, 0.5) is 0 Å². The van der Waals surface area contributed by atoms with E-state index in [2.05, 4.69) is 5.32 Å². The van der Waals surface area contributed by atoms with Gasteiger partial charge in [0.05, 0.1) is 19.8 Å². The Hall–Kier alpha value is -1.26. The van der Waals surface area contributed by atoms with E-state index in [0.29, 0.717) is 6.61 Å². The Morgan fingerprint density at radius 2 is 1.78 bits per heavy atom. The maximum absolute atomic E-state index is 5.42. The Kier molecular flexibility index (Phi) is 6.54. The van der Waals surface area contributed by atoms with E-state index in [1.165, 1.54) is 0 Å². The van der Waals surface area contributed by atoms with Crippen molar-refractivity contribution in [2.75, 3.05) is 34.5 Å². The minimum Gasteiger partial charge on any atom is -0.496 e. The van der Waals surface area contributed by atoms with Crippen LogP contribution in [0, 0.1) is 0 Å². The van der Waals surface area contributed by atoms with Gasteiger partial charge in [-0.05, 0) is 32.5 Å². The van der Waals surface area contributed by atoms with E-state index in [1.54, 1.807) is 14.2 Å². The molecule has 0 aromatic heterocycles. The summed E-state index contributed by atoms with van der Waals surface area (Å²) in [6.07, 6.45) is 0.876. The van der Waals surface area contributed by atoms with Crippen LogP contribution in [-0.2, 0) is 4.74 Å². The van der Waals surface area contributed by atoms with Gasteiger partial charge in [0, 0.05) is 19.3 Å². The van der Waals surface area contributed by atoms with Gasteiger partial charge in [-0.25, -0.2) is 0 Å². The highest BCUT2D eigenvalue weighted by Gasteiger charge is 2.19. The molecule has 1 N–H and O–H groups in total. The fourth-order valence-corrected chi connectivity index (χ4v) is 2.00. The standard InChI is InChI=1S/C14H23NO3/c1-5-18-10-9-11(15-2)14-12(16-3)7-6-8-13(14)17-4/h6-8,11,15H,5,9-10H2,1-4H3. The molecule has 1 aromatic rings. The molecule has 4 heteroatoms. The largest absolute Gasteiger partial charge is 0.496 e. The van der Waals surface area contributed by atoms with Crippen molar-refractivity contribution in [2.24, 2.45) is 0 Å². The molecule has 1 unspecified atom stereocenters. The first kappa shape index (κ1) is 14.8. The number of methoxy groups -OCH3 is 2. The smallest absolute Gasteiger partial charge is 0.127 e. The van der Waals surface area contributed by atoms with Crippen molar-refractivity contribution in [3.8, 4) is 11.5 Å². The fraction of sp³-hybridized carbons (Fsp3) is 0.571. The van der Waals surface area contributed by atoms with E-state index >= 15 is 0 Å². The molecular formula is C14H23NO3. The number of rotatable bonds is 8. The average molecular weight is 253 g/mol. The molecule has 0 radical (unpaired) electrons. The maximum atomic E-state index is 5.42. The minimum atomic E-state index is 0.155. The Morgan fingerprint density at radius 1 is 1.17 bits per heavy atom. The quantitative estimate of drug-likeness (QED) is 0.722. The second-order valence-electron chi connectivity index (χ2n) is 3.90. The van der Waals surface area contributed by atoms with E-state index in [9.17, 15) is 0 Å². The van der Waals surface area contributed by atoms with E-state index in [-0.39, 0.29) is 6.04 Å². The highest BCUT2D eigenvalue weighted by molar-refractivity contribution is 5.47. The summed E-state index contributed by atoms with van der Waals surface area (Å²) < 4.78 is 16.2. The zero-order chi connectivity index (χ0) is 13.4. The molecule has 0 saturated heterocycles. The Morgan fingerprint density at radius 3 is 2.22 bits per heavy atom. The number of hydrogen-bond acceptors (Lipinski definition) is 4. The van der Waals surface area contributed by atoms with Gasteiger partial charge in [0.25, 0.3) is 0 Å². The normalized spacial score (nSPS) is 12.2. The van der Waals surface area contributed by atoms with Crippen molar-refractivity contribution in [3.05, 3.63) is 23.8 Å². The van der Waals surface area contributed by atoms with Crippen LogP contribution in [0.2, 0.25) is 0 Å². The van der Waals surface area contributed by atoms with Crippen LogP contribution in [0.5, 0.6) is 11.5 Å². The van der Waals surface area contributed by atoms with Crippen molar-refractivity contribution >= 4 is 0 Å². The van der Waals surface area contributed by atoms with Gasteiger partial charge >= 0.3 is 0 Å². The molecule has 0 amide bonds. The van der Waals surface area contributed by atoms with Gasteiger partial charge in [0.15, 0.2) is 0 Å². The van der Waals surface area contributed by atoms with Gasteiger partial charge in [0.2, 0.25) is 0 Å². The van der Waals surface area contributed by atoms with Gasteiger partial charge in [-0.15, -0.1) is 0 Å². The maximum Gasteiger partial charge on any atom is 0.127 e. The number of hydrogen-bond donors (Lipinski definition) is 1. The molecule has 1 atom stereocenters. The monoisotopic (exact) mass is 253 g/mol. The van der Waals surface area contributed by atoms with Crippen LogP contribution in [-0.4, -0.2) is 34.5 Å². The number of benzene rings is 1. The molecule has 0 aliphatic heterocycles. The van der Waals surface area contributed by atoms with Crippen molar-refractivity contribution in [1.82, 2.24) is 5.32 Å². The fourth-order valence-electron chi connectivity index (χ4n) is 2.00. The molecule has 0 saturated carbocycles. The van der Waals surface area contributed by atoms with Gasteiger partial charge in [-0.1, -0.05) is 6.07 Å². The van der Waals surface area contributed by atoms with E-state index in [0.717, 1.165) is 30.1 Å². The highest BCUT2D eigenvalue weighted by Crippen LogP contribution is 2.35. The number of nitrogens with one attached hydrogen (secondary N) is 1. The Bertz CT molecular complexity index is 333. The van der Waals surface area contributed by atoms with Crippen LogP contribution in [0.25, 0.3) is 0 Å². The molecule has 18 heavy (non-hydrogen) atoms. The van der Waals surface area contributed by atoms with Crippen molar-refractivity contribution in [1.29, 1.82) is 0 Å². The zero-order valence-corrected chi connectivity index (χ0v) is 11.7. The van der Waals surface area contributed by atoms with Crippen LogP contribution in [0.15, 0.2) is 18.2 Å². The molecule has 0 aliphatic carbocycles. The van der Waals surface area contributed by atoms with Crippen molar-refractivity contribution in [3.63, 3.8) is 0 Å². The second-order valence-corrected chi connectivity index (χ2v) is 3.90. The van der Waals surface area contributed by atoms with Crippen LogP contribution in [0.3, 0.4) is 0 Å². The molecule has 0 aliphatic rings. The molecule has 0 fully saturated rings. The molecule has 0 heterocycles. The molecular weight excluding hydrogens is 230 g/mol. The lowest BCUT2D eigenvalue weighted by Gasteiger charge is -2.21. The van der Waals surface area contributed by atoms with Gasteiger partial charge < -0.3 is 19.5 Å². The first-order chi connectivity index (χ1) is 8.78. The SMILES string of the molecule is CCOCCC(NC)c1c(OC)cccc1OC. The molecule has 1 aromatic carbocycles. The summed E-state index contributed by atoms with van der Waals surface area (Å²) in [5.74, 6) is 1.68. The lowest BCUT2D eigenvalue weighted by atomic mass is 10.0. The Balaban J connectivity index is 2.94. The van der Waals surface area contributed by atoms with Crippen LogP contribution >= 0.6 is 0 Å². The molecule has 0 spiro atoms. The summed E-state index contributed by atoms with van der Waals surface area (Å²) in [5.41, 5.74) is 1.05. The molecule has 102 valence electrons. The summed E-state index contributed by atoms with van der Waals surface area (Å²) in [6.45, 7) is 3.45. The summed E-state index contributed by atoms with van der Waals surface area (Å²) in [7, 11) is 5.28. The zero-order valence-electron chi connectivity index (χ0n) is 11.7. The van der Waals surface area contributed by atoms with E-state index < -0.39 is 0 Å². The second kappa shape index (κ2) is 7.95. The summed E-state index contributed by atoms with van der Waals surface area (Å²) in [5, 5.41) is 3.29. The summed E-state index contributed by atoms with van der Waals surface area (Å²) in [4.78, 5) is 0. The topological polar surface area (TPSA) is 39.7 Å². The van der Waals surface area contributed by atoms with Gasteiger partial charge in [0.1, 0.15) is 11.5 Å². The van der Waals surface area contributed by atoms with Crippen molar-refractivity contribution < 1.29 is 14.2 Å². The first-order valence-electron chi connectivity index (χ1n) is 6.24. The minimum absolute atomic E-state index is 0.155. The Labute approximate surface area is 109 Å². The summed E-state index contributed by atoms with van der Waals surface area (Å²) >= 11 is 0. The van der Waals surface area contributed by atoms with Crippen molar-refractivity contribution in [2.45, 2.75) is 19.4 Å². The van der Waals surface area contributed by atoms with Gasteiger partial charge in [-0.2, -0.15) is 0 Å². The lowest BCUT2D eigenvalue weighted by molar-refractivity contribution is 0.136. The van der Waals surface area contributed by atoms with Crippen LogP contribution < -0.4 is 14.8 Å². The predicted octanol–water partition coefficient (Wildman–Crippen LogP) is 2.39. The highest BCUT2D eigenvalue weighted by atomic mass is 16.5. The number of ether oxygens (including phenoxy) is 3. The predicted molar refractivity (Wildman–Crippen MR) is 72.5 cm³/mol. The van der Waals surface area contributed by atoms with E-state index in [1.807, 2.05) is 32.2 Å². The molecule has 0 bridgehead atoms. The average Bonchev–Trinajstić information content (AvgIpc) is 2.43. The first-order valence-corrected chi connectivity index (χ1v) is 6.24. The summed E-state index contributed by atoms with van der Waals surface area (Å²) in [6, 6.07) is 5.98.